The Morgan fingerprint density at radius 1 is 1.38 bits per heavy atom. The molecule has 1 aliphatic rings. The van der Waals surface area contributed by atoms with Gasteiger partial charge in [-0.2, -0.15) is 0 Å². The third-order valence-electron chi connectivity index (χ3n) is 3.24. The highest BCUT2D eigenvalue weighted by molar-refractivity contribution is 6.21. The second kappa shape index (κ2) is 4.82. The van der Waals surface area contributed by atoms with Crippen molar-refractivity contribution in [2.75, 3.05) is 0 Å². The van der Waals surface area contributed by atoms with Crippen LogP contribution in [-0.2, 0) is 11.2 Å². The van der Waals surface area contributed by atoms with Gasteiger partial charge in [0.25, 0.3) is 11.8 Å². The van der Waals surface area contributed by atoms with Gasteiger partial charge in [0.05, 0.1) is 11.9 Å². The molecule has 2 aromatic heterocycles. The summed E-state index contributed by atoms with van der Waals surface area (Å²) in [7, 11) is 0. The Morgan fingerprint density at radius 3 is 2.81 bits per heavy atom. The van der Waals surface area contributed by atoms with Gasteiger partial charge in [0.2, 0.25) is 0 Å². The number of pyridine rings is 1. The van der Waals surface area contributed by atoms with E-state index in [0.29, 0.717) is 5.69 Å². The number of imidazole rings is 1. The van der Waals surface area contributed by atoms with E-state index in [0.717, 1.165) is 4.90 Å². The number of carboxylic acids is 1. The van der Waals surface area contributed by atoms with Gasteiger partial charge in [-0.1, -0.05) is 0 Å². The lowest BCUT2D eigenvalue weighted by Crippen LogP contribution is -2.46. The lowest BCUT2D eigenvalue weighted by molar-refractivity contribution is -0.141. The van der Waals surface area contributed by atoms with Gasteiger partial charge in [0, 0.05) is 24.5 Å². The fourth-order valence-corrected chi connectivity index (χ4v) is 2.26. The van der Waals surface area contributed by atoms with Crippen LogP contribution in [0.15, 0.2) is 30.9 Å². The summed E-state index contributed by atoms with van der Waals surface area (Å²) in [5.74, 6) is -2.60. The number of fused-ring (bicyclic) bond motifs is 1. The monoisotopic (exact) mass is 286 g/mol. The molecule has 0 radical (unpaired) electrons. The molecule has 2 amide bonds. The molecule has 1 aliphatic heterocycles. The fourth-order valence-electron chi connectivity index (χ4n) is 2.26. The number of hydrogen-bond acceptors (Lipinski definition) is 5. The number of hydrogen-bond donors (Lipinski definition) is 2. The van der Waals surface area contributed by atoms with Crippen LogP contribution < -0.4 is 0 Å². The molecule has 1 unspecified atom stereocenters. The summed E-state index contributed by atoms with van der Waals surface area (Å²) >= 11 is 0. The van der Waals surface area contributed by atoms with Crippen LogP contribution in [0.4, 0.5) is 0 Å². The third kappa shape index (κ3) is 2.06. The average molecular weight is 286 g/mol. The number of rotatable bonds is 4. The van der Waals surface area contributed by atoms with Gasteiger partial charge in [-0.05, 0) is 12.1 Å². The van der Waals surface area contributed by atoms with Crippen LogP contribution in [-0.4, -0.2) is 48.8 Å². The smallest absolute Gasteiger partial charge is 0.327 e. The van der Waals surface area contributed by atoms with E-state index >= 15 is 0 Å². The Morgan fingerprint density at radius 2 is 2.19 bits per heavy atom. The minimum Gasteiger partial charge on any atom is -0.480 e. The van der Waals surface area contributed by atoms with Crippen LogP contribution in [0.25, 0.3) is 0 Å². The van der Waals surface area contributed by atoms with Crippen molar-refractivity contribution >= 4 is 17.8 Å². The molecule has 0 bridgehead atoms. The molecule has 8 nitrogen and oxygen atoms in total. The number of aromatic amines is 1. The van der Waals surface area contributed by atoms with Crippen molar-refractivity contribution in [3.8, 4) is 0 Å². The minimum atomic E-state index is -1.31. The largest absolute Gasteiger partial charge is 0.480 e. The van der Waals surface area contributed by atoms with Gasteiger partial charge in [0.15, 0.2) is 0 Å². The van der Waals surface area contributed by atoms with Gasteiger partial charge < -0.3 is 10.1 Å². The van der Waals surface area contributed by atoms with E-state index in [9.17, 15) is 19.5 Å². The maximum absolute atomic E-state index is 12.3. The molecule has 21 heavy (non-hydrogen) atoms. The standard InChI is InChI=1S/C13H10N4O4/c18-11-8-2-1-3-15-10(8)12(19)17(11)9(13(20)21)4-7-5-14-6-16-7/h1-3,5-6,9H,4H2,(H,14,16)(H,20,21). The number of amides is 2. The number of carbonyl (C=O) groups excluding carboxylic acids is 2. The van der Waals surface area contributed by atoms with E-state index in [1.165, 1.54) is 30.9 Å². The van der Waals surface area contributed by atoms with Crippen LogP contribution in [0.1, 0.15) is 26.5 Å². The van der Waals surface area contributed by atoms with E-state index in [1.54, 1.807) is 0 Å². The molecule has 0 saturated carbocycles. The molecule has 0 aliphatic carbocycles. The summed E-state index contributed by atoms with van der Waals surface area (Å²) in [5.41, 5.74) is 0.628. The molecule has 2 aromatic rings. The SMILES string of the molecule is O=C(O)C(Cc1cnc[nH]1)N1C(=O)c2cccnc2C1=O. The highest BCUT2D eigenvalue weighted by Crippen LogP contribution is 2.24. The molecule has 0 fully saturated rings. The maximum Gasteiger partial charge on any atom is 0.327 e. The molecular weight excluding hydrogens is 276 g/mol. The normalized spacial score (nSPS) is 15.1. The van der Waals surface area contributed by atoms with Crippen molar-refractivity contribution in [2.45, 2.75) is 12.5 Å². The number of aliphatic carboxylic acids is 1. The number of carboxylic acid groups (broad SMARTS) is 1. The second-order valence-corrected chi connectivity index (χ2v) is 4.51. The van der Waals surface area contributed by atoms with Gasteiger partial charge >= 0.3 is 5.97 Å². The summed E-state index contributed by atoms with van der Waals surface area (Å²) in [6.07, 6.45) is 4.20. The lowest BCUT2D eigenvalue weighted by Gasteiger charge is -2.21. The Hall–Kier alpha value is -3.03. The number of H-pyrrole nitrogens is 1. The lowest BCUT2D eigenvalue weighted by atomic mass is 10.1. The average Bonchev–Trinajstić information content (AvgIpc) is 3.06. The van der Waals surface area contributed by atoms with E-state index in [1.807, 2.05) is 0 Å². The van der Waals surface area contributed by atoms with Crippen molar-refractivity contribution in [1.29, 1.82) is 0 Å². The first-order valence-electron chi connectivity index (χ1n) is 6.12. The van der Waals surface area contributed by atoms with Crippen molar-refractivity contribution < 1.29 is 19.5 Å². The first-order chi connectivity index (χ1) is 10.1. The number of nitrogens with zero attached hydrogens (tertiary/aromatic N) is 3. The highest BCUT2D eigenvalue weighted by Gasteiger charge is 2.43. The molecule has 8 heteroatoms. The molecule has 106 valence electrons. The molecule has 2 N–H and O–H groups in total. The van der Waals surface area contributed by atoms with Crippen molar-refractivity contribution in [2.24, 2.45) is 0 Å². The van der Waals surface area contributed by atoms with Crippen molar-refractivity contribution in [3.05, 3.63) is 47.8 Å². The third-order valence-corrected chi connectivity index (χ3v) is 3.24. The number of imide groups is 1. The van der Waals surface area contributed by atoms with Crippen LogP contribution >= 0.6 is 0 Å². The topological polar surface area (TPSA) is 116 Å². The molecule has 3 heterocycles. The Labute approximate surface area is 118 Å². The predicted molar refractivity (Wildman–Crippen MR) is 68.5 cm³/mol. The first-order valence-corrected chi connectivity index (χ1v) is 6.12. The van der Waals surface area contributed by atoms with Crippen LogP contribution in [0.5, 0.6) is 0 Å². The van der Waals surface area contributed by atoms with Gasteiger partial charge in [0.1, 0.15) is 11.7 Å². The maximum atomic E-state index is 12.3. The first kappa shape index (κ1) is 13.0. The molecule has 0 spiro atoms. The van der Waals surface area contributed by atoms with Gasteiger partial charge in [-0.15, -0.1) is 0 Å². The zero-order valence-corrected chi connectivity index (χ0v) is 10.7. The van der Waals surface area contributed by atoms with E-state index in [4.69, 9.17) is 0 Å². The summed E-state index contributed by atoms with van der Waals surface area (Å²) in [5, 5.41) is 9.35. The summed E-state index contributed by atoms with van der Waals surface area (Å²) < 4.78 is 0. The van der Waals surface area contributed by atoms with Crippen LogP contribution in [0, 0.1) is 0 Å². The molecule has 0 saturated heterocycles. The number of aromatic nitrogens is 3. The van der Waals surface area contributed by atoms with Gasteiger partial charge in [-0.3, -0.25) is 19.5 Å². The molecular formula is C13H10N4O4. The zero-order valence-electron chi connectivity index (χ0n) is 10.7. The van der Waals surface area contributed by atoms with Crippen molar-refractivity contribution in [3.63, 3.8) is 0 Å². The number of carbonyl (C=O) groups is 3. The summed E-state index contributed by atoms with van der Waals surface area (Å²) in [4.78, 5) is 47.1. The predicted octanol–water partition coefficient (Wildman–Crippen LogP) is 0.0966. The molecule has 3 rings (SSSR count). The molecule has 1 atom stereocenters. The van der Waals surface area contributed by atoms with Crippen molar-refractivity contribution in [1.82, 2.24) is 19.9 Å². The Balaban J connectivity index is 1.96. The quantitative estimate of drug-likeness (QED) is 0.770. The van der Waals surface area contributed by atoms with E-state index < -0.39 is 23.8 Å². The fraction of sp³-hybridized carbons (Fsp3) is 0.154. The Kier molecular flexibility index (Phi) is 2.98. The Bertz CT molecular complexity index is 691. The second-order valence-electron chi connectivity index (χ2n) is 4.51. The summed E-state index contributed by atoms with van der Waals surface area (Å²) in [6.45, 7) is 0. The molecule has 0 aromatic carbocycles. The van der Waals surface area contributed by atoms with Crippen LogP contribution in [0.2, 0.25) is 0 Å². The van der Waals surface area contributed by atoms with E-state index in [2.05, 4.69) is 15.0 Å². The highest BCUT2D eigenvalue weighted by atomic mass is 16.4. The number of nitrogens with one attached hydrogen (secondary N) is 1. The minimum absolute atomic E-state index is 0.0154. The zero-order chi connectivity index (χ0) is 15.0. The van der Waals surface area contributed by atoms with Crippen LogP contribution in [0.3, 0.4) is 0 Å². The summed E-state index contributed by atoms with van der Waals surface area (Å²) in [6, 6.07) is 1.68. The van der Waals surface area contributed by atoms with Gasteiger partial charge in [-0.25, -0.2) is 9.78 Å². The van der Waals surface area contributed by atoms with E-state index in [-0.39, 0.29) is 17.7 Å².